The molecule has 0 atom stereocenters. The summed E-state index contributed by atoms with van der Waals surface area (Å²) in [6.07, 6.45) is 1.99. The highest BCUT2D eigenvalue weighted by atomic mass is 32.1. The van der Waals surface area contributed by atoms with E-state index in [2.05, 4.69) is 29.6 Å². The van der Waals surface area contributed by atoms with Gasteiger partial charge in [-0.1, -0.05) is 0 Å². The minimum absolute atomic E-state index is 0.236. The fraction of sp³-hybridized carbons (Fsp3) is 0.385. The monoisotopic (exact) mass is 250 g/mol. The molecule has 3 rings (SSSR count). The van der Waals surface area contributed by atoms with Crippen molar-refractivity contribution in [2.24, 2.45) is 0 Å². The van der Waals surface area contributed by atoms with Crippen LogP contribution in [-0.4, -0.2) is 30.0 Å². The molecule has 4 heteroatoms. The van der Waals surface area contributed by atoms with Crippen LogP contribution in [0.2, 0.25) is 0 Å². The number of H-pyrrole nitrogens is 1. The van der Waals surface area contributed by atoms with Gasteiger partial charge >= 0.3 is 0 Å². The highest BCUT2D eigenvalue weighted by molar-refractivity contribution is 7.80. The van der Waals surface area contributed by atoms with E-state index in [-0.39, 0.29) is 5.82 Å². The third-order valence-electron chi connectivity index (χ3n) is 3.55. The van der Waals surface area contributed by atoms with Crippen LogP contribution in [0.1, 0.15) is 11.3 Å². The van der Waals surface area contributed by atoms with Crippen LogP contribution in [0.4, 0.5) is 4.39 Å². The molecule has 2 heterocycles. The van der Waals surface area contributed by atoms with E-state index in [4.69, 9.17) is 0 Å². The Labute approximate surface area is 105 Å². The molecule has 0 aliphatic carbocycles. The van der Waals surface area contributed by atoms with Crippen molar-refractivity contribution in [3.63, 3.8) is 0 Å². The maximum Gasteiger partial charge on any atom is 0.137 e. The number of halogens is 1. The van der Waals surface area contributed by atoms with E-state index in [9.17, 15) is 4.39 Å². The minimum atomic E-state index is -0.236. The summed E-state index contributed by atoms with van der Waals surface area (Å²) in [5.74, 6) is -0.236. The Balaban J connectivity index is 2.18. The Hall–Kier alpha value is -1.00. The number of aromatic amines is 1. The van der Waals surface area contributed by atoms with Gasteiger partial charge in [0.25, 0.3) is 0 Å². The lowest BCUT2D eigenvalue weighted by molar-refractivity contribution is 0.352. The van der Waals surface area contributed by atoms with Crippen molar-refractivity contribution >= 4 is 23.5 Å². The molecule has 1 aliphatic rings. The Morgan fingerprint density at radius 1 is 1.29 bits per heavy atom. The predicted molar refractivity (Wildman–Crippen MR) is 70.4 cm³/mol. The number of thiol groups is 1. The van der Waals surface area contributed by atoms with Gasteiger partial charge in [0.15, 0.2) is 0 Å². The van der Waals surface area contributed by atoms with Crippen molar-refractivity contribution in [2.75, 3.05) is 20.1 Å². The van der Waals surface area contributed by atoms with Gasteiger partial charge < -0.3 is 9.88 Å². The first-order valence-corrected chi connectivity index (χ1v) is 6.30. The minimum Gasteiger partial charge on any atom is -0.358 e. The molecule has 0 bridgehead atoms. The summed E-state index contributed by atoms with van der Waals surface area (Å²) < 4.78 is 13.6. The Kier molecular flexibility index (Phi) is 2.64. The molecule has 0 saturated heterocycles. The molecule has 2 aromatic rings. The number of hydrogen-bond acceptors (Lipinski definition) is 2. The summed E-state index contributed by atoms with van der Waals surface area (Å²) >= 11 is 4.12. The van der Waals surface area contributed by atoms with E-state index in [0.717, 1.165) is 36.8 Å². The Morgan fingerprint density at radius 2 is 2.06 bits per heavy atom. The molecule has 90 valence electrons. The standard InChI is InChI=1S/C13H15FN2S/c1-16-4-2-8-9-6-10(14)13(17)7-12(9)15-11(8)3-5-16/h6-7,15,17H,2-5H2,1H3. The molecule has 0 spiro atoms. The number of likely N-dealkylation sites (N-methyl/N-ethyl adjacent to an activating group) is 1. The summed E-state index contributed by atoms with van der Waals surface area (Å²) in [4.78, 5) is 6.12. The fourth-order valence-electron chi connectivity index (χ4n) is 2.53. The molecular weight excluding hydrogens is 235 g/mol. The van der Waals surface area contributed by atoms with Gasteiger partial charge in [0, 0.05) is 41.0 Å². The average molecular weight is 250 g/mol. The molecule has 1 aromatic heterocycles. The number of nitrogens with one attached hydrogen (secondary N) is 1. The number of aromatic nitrogens is 1. The average Bonchev–Trinajstić information content (AvgIpc) is 2.50. The molecule has 0 radical (unpaired) electrons. The quantitative estimate of drug-likeness (QED) is 0.688. The van der Waals surface area contributed by atoms with E-state index in [1.807, 2.05) is 0 Å². The third-order valence-corrected chi connectivity index (χ3v) is 3.89. The van der Waals surface area contributed by atoms with Crippen LogP contribution >= 0.6 is 12.6 Å². The second-order valence-corrected chi connectivity index (χ2v) is 5.22. The van der Waals surface area contributed by atoms with Gasteiger partial charge in [-0.05, 0) is 31.2 Å². The van der Waals surface area contributed by atoms with Crippen LogP contribution in [0.25, 0.3) is 10.9 Å². The van der Waals surface area contributed by atoms with Gasteiger partial charge in [-0.15, -0.1) is 12.6 Å². The van der Waals surface area contributed by atoms with Crippen molar-refractivity contribution in [3.05, 3.63) is 29.2 Å². The van der Waals surface area contributed by atoms with E-state index in [1.54, 1.807) is 12.1 Å². The van der Waals surface area contributed by atoms with Gasteiger partial charge in [-0.2, -0.15) is 0 Å². The fourth-order valence-corrected chi connectivity index (χ4v) is 2.73. The zero-order valence-electron chi connectivity index (χ0n) is 9.76. The Bertz CT molecular complexity index is 576. The lowest BCUT2D eigenvalue weighted by Crippen LogP contribution is -2.21. The maximum atomic E-state index is 13.6. The second kappa shape index (κ2) is 4.03. The van der Waals surface area contributed by atoms with Crippen LogP contribution in [0, 0.1) is 5.82 Å². The molecule has 0 unspecified atom stereocenters. The predicted octanol–water partition coefficient (Wildman–Crippen LogP) is 2.63. The molecule has 0 amide bonds. The van der Waals surface area contributed by atoms with Crippen LogP contribution in [0.15, 0.2) is 17.0 Å². The molecule has 1 aliphatic heterocycles. The number of rotatable bonds is 0. The van der Waals surface area contributed by atoms with Crippen molar-refractivity contribution in [2.45, 2.75) is 17.7 Å². The van der Waals surface area contributed by atoms with Gasteiger partial charge in [-0.25, -0.2) is 4.39 Å². The molecule has 2 nitrogen and oxygen atoms in total. The number of hydrogen-bond donors (Lipinski definition) is 2. The number of benzene rings is 1. The molecule has 0 saturated carbocycles. The van der Waals surface area contributed by atoms with Crippen molar-refractivity contribution in [1.82, 2.24) is 9.88 Å². The van der Waals surface area contributed by atoms with E-state index < -0.39 is 0 Å². The first-order chi connectivity index (χ1) is 8.15. The zero-order valence-corrected chi connectivity index (χ0v) is 10.6. The van der Waals surface area contributed by atoms with Crippen molar-refractivity contribution < 1.29 is 4.39 Å². The van der Waals surface area contributed by atoms with Crippen molar-refractivity contribution in [3.8, 4) is 0 Å². The summed E-state index contributed by atoms with van der Waals surface area (Å²) in [7, 11) is 2.13. The SMILES string of the molecule is CN1CCc2[nH]c3cc(S)c(F)cc3c2CC1. The number of nitrogens with zero attached hydrogens (tertiary/aromatic N) is 1. The highest BCUT2D eigenvalue weighted by Crippen LogP contribution is 2.28. The Morgan fingerprint density at radius 3 is 2.88 bits per heavy atom. The van der Waals surface area contributed by atoms with Crippen LogP contribution in [0.3, 0.4) is 0 Å². The molecule has 1 aromatic carbocycles. The van der Waals surface area contributed by atoms with Gasteiger partial charge in [0.1, 0.15) is 5.82 Å². The molecule has 0 fully saturated rings. The normalized spacial score (nSPS) is 17.1. The summed E-state index contributed by atoms with van der Waals surface area (Å²) in [6, 6.07) is 3.39. The van der Waals surface area contributed by atoms with Gasteiger partial charge in [-0.3, -0.25) is 0 Å². The smallest absolute Gasteiger partial charge is 0.137 e. The van der Waals surface area contributed by atoms with Gasteiger partial charge in [0.05, 0.1) is 0 Å². The first kappa shape index (κ1) is 11.1. The molecular formula is C13H15FN2S. The van der Waals surface area contributed by atoms with E-state index in [1.165, 1.54) is 11.3 Å². The molecule has 1 N–H and O–H groups in total. The van der Waals surface area contributed by atoms with Crippen LogP contribution in [0.5, 0.6) is 0 Å². The number of fused-ring (bicyclic) bond motifs is 3. The second-order valence-electron chi connectivity index (χ2n) is 4.73. The van der Waals surface area contributed by atoms with Crippen LogP contribution in [-0.2, 0) is 12.8 Å². The first-order valence-electron chi connectivity index (χ1n) is 5.85. The molecule has 17 heavy (non-hydrogen) atoms. The zero-order chi connectivity index (χ0) is 12.0. The van der Waals surface area contributed by atoms with Crippen molar-refractivity contribution in [1.29, 1.82) is 0 Å². The highest BCUT2D eigenvalue weighted by Gasteiger charge is 2.17. The lowest BCUT2D eigenvalue weighted by atomic mass is 10.1. The van der Waals surface area contributed by atoms with Crippen LogP contribution < -0.4 is 0 Å². The summed E-state index contributed by atoms with van der Waals surface area (Å²) in [5, 5.41) is 1.02. The maximum absolute atomic E-state index is 13.6. The third kappa shape index (κ3) is 1.85. The topological polar surface area (TPSA) is 19.0 Å². The largest absolute Gasteiger partial charge is 0.358 e. The van der Waals surface area contributed by atoms with Gasteiger partial charge in [0.2, 0.25) is 0 Å². The van der Waals surface area contributed by atoms with E-state index >= 15 is 0 Å². The lowest BCUT2D eigenvalue weighted by Gasteiger charge is -2.11. The van der Waals surface area contributed by atoms with E-state index in [0.29, 0.717) is 4.90 Å². The summed E-state index contributed by atoms with van der Waals surface area (Å²) in [6.45, 7) is 2.08. The summed E-state index contributed by atoms with van der Waals surface area (Å²) in [5.41, 5.74) is 3.53.